The largest absolute Gasteiger partial charge is 0.390 e. The van der Waals surface area contributed by atoms with Gasteiger partial charge < -0.3 is 5.11 Å². The summed E-state index contributed by atoms with van der Waals surface area (Å²) in [6, 6.07) is 5.94. The van der Waals surface area contributed by atoms with Gasteiger partial charge in [-0.15, -0.1) is 11.3 Å². The van der Waals surface area contributed by atoms with Gasteiger partial charge in [0.15, 0.2) is 0 Å². The zero-order chi connectivity index (χ0) is 10.1. The third-order valence-corrected chi connectivity index (χ3v) is 3.56. The molecule has 3 nitrogen and oxygen atoms in total. The molecular formula is C9H9BrN2OS. The molecule has 2 aromatic rings. The van der Waals surface area contributed by atoms with Crippen molar-refractivity contribution < 1.29 is 5.11 Å². The van der Waals surface area contributed by atoms with E-state index >= 15 is 0 Å². The number of hydrogen-bond donors (Lipinski definition) is 1. The number of aliphatic hydroxyl groups excluding tert-OH is 1. The van der Waals surface area contributed by atoms with Crippen molar-refractivity contribution in [1.82, 2.24) is 9.78 Å². The lowest BCUT2D eigenvalue weighted by Crippen LogP contribution is -1.93. The van der Waals surface area contributed by atoms with E-state index in [2.05, 4.69) is 21.0 Å². The van der Waals surface area contributed by atoms with Crippen molar-refractivity contribution in [3.05, 3.63) is 27.7 Å². The van der Waals surface area contributed by atoms with Gasteiger partial charge in [-0.25, -0.2) is 0 Å². The number of aliphatic hydroxyl groups is 1. The Bertz CT molecular complexity index is 449. The van der Waals surface area contributed by atoms with E-state index < -0.39 is 0 Å². The van der Waals surface area contributed by atoms with Crippen molar-refractivity contribution >= 4 is 27.3 Å². The molecule has 2 rings (SSSR count). The maximum atomic E-state index is 8.95. The molecule has 0 spiro atoms. The van der Waals surface area contributed by atoms with E-state index in [0.717, 1.165) is 14.4 Å². The Labute approximate surface area is 94.1 Å². The van der Waals surface area contributed by atoms with Crippen LogP contribution in [-0.2, 0) is 13.7 Å². The van der Waals surface area contributed by atoms with Gasteiger partial charge in [0.1, 0.15) is 0 Å². The average Bonchev–Trinajstić information content (AvgIpc) is 2.71. The highest BCUT2D eigenvalue weighted by molar-refractivity contribution is 9.11. The fourth-order valence-electron chi connectivity index (χ4n) is 1.29. The van der Waals surface area contributed by atoms with E-state index in [0.29, 0.717) is 5.69 Å². The molecule has 0 amide bonds. The molecule has 0 aromatic carbocycles. The molecule has 0 aliphatic carbocycles. The lowest BCUT2D eigenvalue weighted by Gasteiger charge is -1.95. The number of rotatable bonds is 2. The van der Waals surface area contributed by atoms with Crippen LogP contribution in [0.2, 0.25) is 0 Å². The number of thiophene rings is 1. The Morgan fingerprint density at radius 3 is 2.86 bits per heavy atom. The molecule has 1 N–H and O–H groups in total. The molecule has 0 aliphatic rings. The van der Waals surface area contributed by atoms with E-state index in [9.17, 15) is 0 Å². The highest BCUT2D eigenvalue weighted by Gasteiger charge is 2.08. The van der Waals surface area contributed by atoms with Crippen LogP contribution in [0, 0.1) is 0 Å². The van der Waals surface area contributed by atoms with Gasteiger partial charge in [0.2, 0.25) is 0 Å². The second-order valence-electron chi connectivity index (χ2n) is 2.91. The van der Waals surface area contributed by atoms with E-state index in [1.807, 2.05) is 25.2 Å². The van der Waals surface area contributed by atoms with Gasteiger partial charge in [-0.3, -0.25) is 4.68 Å². The first-order valence-corrected chi connectivity index (χ1v) is 5.71. The number of halogens is 1. The fourth-order valence-corrected chi connectivity index (χ4v) is 2.72. The van der Waals surface area contributed by atoms with Gasteiger partial charge in [0.05, 0.1) is 26.7 Å². The molecule has 0 unspecified atom stereocenters. The molecule has 0 fully saturated rings. The summed E-state index contributed by atoms with van der Waals surface area (Å²) < 4.78 is 2.88. The third-order valence-electron chi connectivity index (χ3n) is 1.92. The lowest BCUT2D eigenvalue weighted by atomic mass is 10.3. The van der Waals surface area contributed by atoms with Gasteiger partial charge in [-0.1, -0.05) is 0 Å². The molecule has 0 radical (unpaired) electrons. The smallest absolute Gasteiger partial charge is 0.0885 e. The molecule has 0 atom stereocenters. The van der Waals surface area contributed by atoms with Crippen LogP contribution in [0.3, 0.4) is 0 Å². The summed E-state index contributed by atoms with van der Waals surface area (Å²) >= 11 is 5.07. The summed E-state index contributed by atoms with van der Waals surface area (Å²) in [4.78, 5) is 1.14. The SMILES string of the molecule is Cn1nc(CO)cc1-c1ccc(Br)s1. The van der Waals surface area contributed by atoms with Crippen LogP contribution >= 0.6 is 27.3 Å². The Morgan fingerprint density at radius 1 is 1.57 bits per heavy atom. The van der Waals surface area contributed by atoms with Crippen molar-refractivity contribution in [2.45, 2.75) is 6.61 Å². The molecule has 2 heterocycles. The lowest BCUT2D eigenvalue weighted by molar-refractivity contribution is 0.275. The number of hydrogen-bond acceptors (Lipinski definition) is 3. The van der Waals surface area contributed by atoms with E-state index in [4.69, 9.17) is 5.11 Å². The second-order valence-corrected chi connectivity index (χ2v) is 5.37. The van der Waals surface area contributed by atoms with Crippen molar-refractivity contribution in [1.29, 1.82) is 0 Å². The quantitative estimate of drug-likeness (QED) is 0.912. The first-order valence-electron chi connectivity index (χ1n) is 4.10. The number of aryl methyl sites for hydroxylation is 1. The van der Waals surface area contributed by atoms with Crippen molar-refractivity contribution in [2.75, 3.05) is 0 Å². The molecule has 0 saturated carbocycles. The Morgan fingerprint density at radius 2 is 2.36 bits per heavy atom. The maximum Gasteiger partial charge on any atom is 0.0885 e. The number of nitrogens with zero attached hydrogens (tertiary/aromatic N) is 2. The van der Waals surface area contributed by atoms with Crippen LogP contribution in [0.5, 0.6) is 0 Å². The van der Waals surface area contributed by atoms with Crippen LogP contribution in [-0.4, -0.2) is 14.9 Å². The van der Waals surface area contributed by atoms with Gasteiger partial charge in [-0.05, 0) is 34.1 Å². The summed E-state index contributed by atoms with van der Waals surface area (Å²) in [7, 11) is 1.88. The fraction of sp³-hybridized carbons (Fsp3) is 0.222. The topological polar surface area (TPSA) is 38.0 Å². The molecule has 0 bridgehead atoms. The standard InChI is InChI=1S/C9H9BrN2OS/c1-12-7(4-6(5-13)11-12)8-2-3-9(10)14-8/h2-4,13H,5H2,1H3. The van der Waals surface area contributed by atoms with Crippen LogP contribution in [0.1, 0.15) is 5.69 Å². The van der Waals surface area contributed by atoms with Gasteiger partial charge >= 0.3 is 0 Å². The molecule has 2 aromatic heterocycles. The minimum absolute atomic E-state index is 0.0135. The van der Waals surface area contributed by atoms with Crippen LogP contribution in [0.25, 0.3) is 10.6 Å². The summed E-state index contributed by atoms with van der Waals surface area (Å²) in [6.45, 7) is -0.0135. The van der Waals surface area contributed by atoms with Crippen molar-refractivity contribution in [2.24, 2.45) is 7.05 Å². The minimum Gasteiger partial charge on any atom is -0.390 e. The molecular weight excluding hydrogens is 264 g/mol. The average molecular weight is 273 g/mol. The van der Waals surface area contributed by atoms with E-state index in [1.165, 1.54) is 0 Å². The first-order chi connectivity index (χ1) is 6.70. The summed E-state index contributed by atoms with van der Waals surface area (Å²) in [6.07, 6.45) is 0. The summed E-state index contributed by atoms with van der Waals surface area (Å²) in [5.41, 5.74) is 1.73. The maximum absolute atomic E-state index is 8.95. The normalized spacial score (nSPS) is 10.8. The highest BCUT2D eigenvalue weighted by atomic mass is 79.9. The molecule has 14 heavy (non-hydrogen) atoms. The summed E-state index contributed by atoms with van der Waals surface area (Å²) in [5.74, 6) is 0. The number of aromatic nitrogens is 2. The first kappa shape index (κ1) is 9.89. The monoisotopic (exact) mass is 272 g/mol. The van der Waals surface area contributed by atoms with E-state index in [1.54, 1.807) is 16.0 Å². The van der Waals surface area contributed by atoms with Crippen molar-refractivity contribution in [3.8, 4) is 10.6 Å². The van der Waals surface area contributed by atoms with Gasteiger partial charge in [-0.2, -0.15) is 5.10 Å². The third kappa shape index (κ3) is 1.75. The van der Waals surface area contributed by atoms with Crippen LogP contribution < -0.4 is 0 Å². The Hall–Kier alpha value is -0.650. The van der Waals surface area contributed by atoms with Crippen molar-refractivity contribution in [3.63, 3.8) is 0 Å². The molecule has 0 aliphatic heterocycles. The Balaban J connectivity index is 2.45. The Kier molecular flexibility index (Phi) is 2.71. The zero-order valence-electron chi connectivity index (χ0n) is 7.57. The van der Waals surface area contributed by atoms with Crippen LogP contribution in [0.15, 0.2) is 22.0 Å². The molecule has 5 heteroatoms. The second kappa shape index (κ2) is 3.84. The van der Waals surface area contributed by atoms with Crippen LogP contribution in [0.4, 0.5) is 0 Å². The zero-order valence-corrected chi connectivity index (χ0v) is 9.97. The van der Waals surface area contributed by atoms with E-state index in [-0.39, 0.29) is 6.61 Å². The molecule has 74 valence electrons. The predicted molar refractivity (Wildman–Crippen MR) is 60.1 cm³/mol. The molecule has 0 saturated heterocycles. The predicted octanol–water partition coefficient (Wildman–Crippen LogP) is 2.40. The summed E-state index contributed by atoms with van der Waals surface area (Å²) in [5, 5.41) is 13.1. The minimum atomic E-state index is -0.0135. The van der Waals surface area contributed by atoms with Gasteiger partial charge in [0.25, 0.3) is 0 Å². The van der Waals surface area contributed by atoms with Gasteiger partial charge in [0, 0.05) is 7.05 Å². The highest BCUT2D eigenvalue weighted by Crippen LogP contribution is 2.31.